The lowest BCUT2D eigenvalue weighted by atomic mass is 10.0. The molecule has 0 radical (unpaired) electrons. The van der Waals surface area contributed by atoms with Crippen molar-refractivity contribution in [3.8, 4) is 0 Å². The van der Waals surface area contributed by atoms with Gasteiger partial charge < -0.3 is 15.0 Å². The molecule has 0 aromatic heterocycles. The van der Waals surface area contributed by atoms with Crippen molar-refractivity contribution >= 4 is 40.9 Å². The van der Waals surface area contributed by atoms with Crippen LogP contribution in [0.5, 0.6) is 0 Å². The Hall–Kier alpha value is -3.31. The number of carbonyl (C=O) groups excluding carboxylic acids is 4. The number of amides is 4. The number of rotatable bonds is 8. The first kappa shape index (κ1) is 28.8. The fraction of sp³-hybridized carbons (Fsp3) is 0.484. The predicted octanol–water partition coefficient (Wildman–Crippen LogP) is 2.50. The lowest BCUT2D eigenvalue weighted by Crippen LogP contribution is -2.60. The van der Waals surface area contributed by atoms with Crippen molar-refractivity contribution < 1.29 is 23.9 Å². The van der Waals surface area contributed by atoms with Crippen LogP contribution in [0.3, 0.4) is 0 Å². The second kappa shape index (κ2) is 12.1. The summed E-state index contributed by atoms with van der Waals surface area (Å²) in [6.07, 6.45) is 1.26. The number of hydrogen-bond acceptors (Lipinski definition) is 7. The highest BCUT2D eigenvalue weighted by atomic mass is 35.5. The van der Waals surface area contributed by atoms with E-state index >= 15 is 0 Å². The van der Waals surface area contributed by atoms with Crippen LogP contribution in [0.25, 0.3) is 0 Å². The molecule has 0 bridgehead atoms. The minimum absolute atomic E-state index is 0.130. The summed E-state index contributed by atoms with van der Waals surface area (Å²) in [6, 6.07) is 9.36. The summed E-state index contributed by atoms with van der Waals surface area (Å²) in [4.78, 5) is 56.2. The number of imide groups is 1. The standard InChI is InChI=1S/C31H36ClN5O5/c1-19-22(15-35-17-24(18-35)36-8-10-42-11-9-36)13-23(14-26(19)32)33-28(38)6-3-20-2-4-21-16-37(31(41)25(21)12-20)27-5-7-29(39)34-30(27)40/h2,4,12-14,24,27H,3,5-11,15-18H2,1H3,(H,33,38)(H,34,39,40). The Morgan fingerprint density at radius 2 is 1.90 bits per heavy atom. The van der Waals surface area contributed by atoms with E-state index in [1.54, 1.807) is 6.07 Å². The SMILES string of the molecule is Cc1c(Cl)cc(NC(=O)CCc2ccc3c(c2)C(=O)N(C2CCC(=O)NC2=O)C3)cc1CN1CC(N2CCOCC2)C1. The smallest absolute Gasteiger partial charge is 0.255 e. The molecule has 4 aliphatic rings. The van der Waals surface area contributed by atoms with E-state index in [4.69, 9.17) is 16.3 Å². The zero-order valence-corrected chi connectivity index (χ0v) is 24.5. The van der Waals surface area contributed by atoms with Crippen molar-refractivity contribution in [3.63, 3.8) is 0 Å². The number of benzene rings is 2. The van der Waals surface area contributed by atoms with Crippen LogP contribution in [-0.4, -0.2) is 89.8 Å². The Balaban J connectivity index is 1.02. The second-order valence-electron chi connectivity index (χ2n) is 11.7. The van der Waals surface area contributed by atoms with Crippen molar-refractivity contribution in [2.75, 3.05) is 44.7 Å². The minimum atomic E-state index is -0.643. The Kier molecular flexibility index (Phi) is 8.31. The Bertz CT molecular complexity index is 1420. The van der Waals surface area contributed by atoms with Gasteiger partial charge in [-0.3, -0.25) is 34.3 Å². The molecule has 6 rings (SSSR count). The zero-order chi connectivity index (χ0) is 29.4. The number of anilines is 1. The average molecular weight is 594 g/mol. The molecule has 10 nitrogen and oxygen atoms in total. The molecular weight excluding hydrogens is 558 g/mol. The highest BCUT2D eigenvalue weighted by Crippen LogP contribution is 2.30. The van der Waals surface area contributed by atoms with E-state index < -0.39 is 11.9 Å². The number of likely N-dealkylation sites (tertiary alicyclic amines) is 1. The van der Waals surface area contributed by atoms with E-state index in [0.29, 0.717) is 41.7 Å². The molecule has 42 heavy (non-hydrogen) atoms. The molecule has 4 heterocycles. The van der Waals surface area contributed by atoms with Gasteiger partial charge >= 0.3 is 0 Å². The first-order valence-electron chi connectivity index (χ1n) is 14.6. The van der Waals surface area contributed by atoms with Crippen LogP contribution in [0.4, 0.5) is 5.69 Å². The van der Waals surface area contributed by atoms with Crippen molar-refractivity contribution in [2.45, 2.75) is 57.8 Å². The molecule has 4 amide bonds. The van der Waals surface area contributed by atoms with Crippen molar-refractivity contribution in [3.05, 3.63) is 63.2 Å². The van der Waals surface area contributed by atoms with E-state index in [9.17, 15) is 19.2 Å². The van der Waals surface area contributed by atoms with Crippen LogP contribution in [0.15, 0.2) is 30.3 Å². The number of nitrogens with zero attached hydrogens (tertiary/aromatic N) is 3. The second-order valence-corrected chi connectivity index (χ2v) is 12.1. The molecule has 0 saturated carbocycles. The molecular formula is C31H36ClN5O5. The number of fused-ring (bicyclic) bond motifs is 1. The number of nitrogens with one attached hydrogen (secondary N) is 2. The summed E-state index contributed by atoms with van der Waals surface area (Å²) < 4.78 is 5.47. The summed E-state index contributed by atoms with van der Waals surface area (Å²) >= 11 is 6.55. The predicted molar refractivity (Wildman–Crippen MR) is 157 cm³/mol. The maximum absolute atomic E-state index is 13.1. The molecule has 3 fully saturated rings. The Labute approximate surface area is 250 Å². The summed E-state index contributed by atoms with van der Waals surface area (Å²) in [5, 5.41) is 5.95. The van der Waals surface area contributed by atoms with E-state index in [2.05, 4.69) is 20.4 Å². The summed E-state index contributed by atoms with van der Waals surface area (Å²) in [6.45, 7) is 8.77. The fourth-order valence-electron chi connectivity index (χ4n) is 6.30. The quantitative estimate of drug-likeness (QED) is 0.453. The maximum Gasteiger partial charge on any atom is 0.255 e. The van der Waals surface area contributed by atoms with Crippen molar-refractivity contribution in [1.29, 1.82) is 0 Å². The number of carbonyl (C=O) groups is 4. The highest BCUT2D eigenvalue weighted by molar-refractivity contribution is 6.31. The van der Waals surface area contributed by atoms with Gasteiger partial charge in [-0.1, -0.05) is 23.7 Å². The number of hydrogen-bond donors (Lipinski definition) is 2. The molecule has 2 aromatic rings. The van der Waals surface area contributed by atoms with Crippen LogP contribution in [-0.2, 0) is 38.6 Å². The molecule has 4 aliphatic heterocycles. The molecule has 0 spiro atoms. The molecule has 0 aliphatic carbocycles. The summed E-state index contributed by atoms with van der Waals surface area (Å²) in [5.41, 5.74) is 5.08. The van der Waals surface area contributed by atoms with Gasteiger partial charge in [-0.2, -0.15) is 0 Å². The van der Waals surface area contributed by atoms with Gasteiger partial charge in [0.05, 0.1) is 13.2 Å². The van der Waals surface area contributed by atoms with Crippen LogP contribution in [0.2, 0.25) is 5.02 Å². The van der Waals surface area contributed by atoms with Gasteiger partial charge in [-0.05, 0) is 60.2 Å². The van der Waals surface area contributed by atoms with Crippen LogP contribution in [0.1, 0.15) is 51.9 Å². The fourth-order valence-corrected chi connectivity index (χ4v) is 6.54. The topological polar surface area (TPSA) is 111 Å². The van der Waals surface area contributed by atoms with Gasteiger partial charge in [0.15, 0.2) is 0 Å². The number of halogens is 1. The third kappa shape index (κ3) is 6.08. The highest BCUT2D eigenvalue weighted by Gasteiger charge is 2.39. The number of ether oxygens (including phenoxy) is 1. The number of aryl methyl sites for hydroxylation is 1. The number of piperidine rings is 1. The molecule has 2 aromatic carbocycles. The first-order chi connectivity index (χ1) is 20.2. The van der Waals surface area contributed by atoms with Crippen molar-refractivity contribution in [1.82, 2.24) is 20.0 Å². The third-order valence-corrected chi connectivity index (χ3v) is 9.26. The lowest BCUT2D eigenvalue weighted by molar-refractivity contribution is -0.137. The monoisotopic (exact) mass is 593 g/mol. The zero-order valence-electron chi connectivity index (χ0n) is 23.8. The molecule has 1 unspecified atom stereocenters. The van der Waals surface area contributed by atoms with Crippen molar-refractivity contribution in [2.24, 2.45) is 0 Å². The van der Waals surface area contributed by atoms with E-state index in [-0.39, 0.29) is 30.6 Å². The van der Waals surface area contributed by atoms with E-state index in [1.165, 1.54) is 4.90 Å². The number of morpholine rings is 1. The molecule has 11 heteroatoms. The van der Waals surface area contributed by atoms with Gasteiger partial charge in [-0.15, -0.1) is 0 Å². The largest absolute Gasteiger partial charge is 0.379 e. The molecule has 222 valence electrons. The Morgan fingerprint density at radius 1 is 1.12 bits per heavy atom. The van der Waals surface area contributed by atoms with Crippen LogP contribution >= 0.6 is 11.6 Å². The molecule has 1 atom stereocenters. The van der Waals surface area contributed by atoms with E-state index in [1.807, 2.05) is 31.2 Å². The van der Waals surface area contributed by atoms with Gasteiger partial charge in [0, 0.05) is 74.4 Å². The molecule has 2 N–H and O–H groups in total. The summed E-state index contributed by atoms with van der Waals surface area (Å²) in [7, 11) is 0. The lowest BCUT2D eigenvalue weighted by Gasteiger charge is -2.46. The first-order valence-corrected chi connectivity index (χ1v) is 15.0. The van der Waals surface area contributed by atoms with Crippen LogP contribution < -0.4 is 10.6 Å². The average Bonchev–Trinajstić information content (AvgIpc) is 3.27. The van der Waals surface area contributed by atoms with E-state index in [0.717, 1.165) is 68.2 Å². The van der Waals surface area contributed by atoms with Crippen LogP contribution in [0, 0.1) is 6.92 Å². The minimum Gasteiger partial charge on any atom is -0.379 e. The van der Waals surface area contributed by atoms with Gasteiger partial charge in [0.25, 0.3) is 5.91 Å². The van der Waals surface area contributed by atoms with Gasteiger partial charge in [0.1, 0.15) is 6.04 Å². The Morgan fingerprint density at radius 3 is 2.67 bits per heavy atom. The van der Waals surface area contributed by atoms with Gasteiger partial charge in [-0.25, -0.2) is 0 Å². The maximum atomic E-state index is 13.1. The third-order valence-electron chi connectivity index (χ3n) is 8.86. The summed E-state index contributed by atoms with van der Waals surface area (Å²) in [5.74, 6) is -1.08. The molecule has 3 saturated heterocycles. The van der Waals surface area contributed by atoms with Gasteiger partial charge in [0.2, 0.25) is 17.7 Å². The normalized spacial score (nSPS) is 21.7.